The normalized spacial score (nSPS) is 0.750. The van der Waals surface area contributed by atoms with Gasteiger partial charge in [0.25, 0.3) is 0 Å². The third kappa shape index (κ3) is 8.89. The molecular weight excluding hydrogens is 430 g/mol. The van der Waals surface area contributed by atoms with Gasteiger partial charge in [-0.25, -0.2) is 0 Å². The molecule has 0 spiro atoms. The van der Waals surface area contributed by atoms with Crippen molar-refractivity contribution in [3.63, 3.8) is 0 Å². The van der Waals surface area contributed by atoms with Crippen molar-refractivity contribution in [3.05, 3.63) is 0 Å². The van der Waals surface area contributed by atoms with Gasteiger partial charge in [-0.2, -0.15) is 0 Å². The van der Waals surface area contributed by atoms with Crippen LogP contribution in [0.1, 0.15) is 2.85 Å². The van der Waals surface area contributed by atoms with Crippen LogP contribution in [0.5, 0.6) is 0 Å². The Morgan fingerprint density at radius 1 is 1.50 bits per heavy atom. The Morgan fingerprint density at radius 3 is 1.50 bits per heavy atom. The second kappa shape index (κ2) is 19.0. The first kappa shape index (κ1) is 16.4. The fourth-order valence-corrected chi connectivity index (χ4v) is 0. The van der Waals surface area contributed by atoms with Crippen LogP contribution in [0.2, 0.25) is 0 Å². The average Bonchev–Trinajstić information content (AvgIpc) is 1.00. The van der Waals surface area contributed by atoms with E-state index in [1.54, 1.807) is 0 Å². The zero-order valence-corrected chi connectivity index (χ0v) is 12.4. The van der Waals surface area contributed by atoms with Crippen LogP contribution in [0.15, 0.2) is 0 Å². The molecule has 0 aromatic carbocycles. The third-order valence-electron chi connectivity index (χ3n) is 0. The Bertz CT molecular complexity index is 13.5. The van der Waals surface area contributed by atoms with Gasteiger partial charge >= 0.3 is 73.5 Å². The summed E-state index contributed by atoms with van der Waals surface area (Å²) in [6.07, 6.45) is 0. The zero-order valence-electron chi connectivity index (χ0n) is 4.27. The van der Waals surface area contributed by atoms with Crippen LogP contribution in [0.25, 0.3) is 0 Å². The van der Waals surface area contributed by atoms with Crippen molar-refractivity contribution in [1.82, 2.24) is 0 Å². The van der Waals surface area contributed by atoms with Crippen LogP contribution < -0.4 is 0 Å². The molecule has 0 N–H and O–H groups in total. The molecule has 0 saturated heterocycles. The van der Waals surface area contributed by atoms with Gasteiger partial charge in [-0.15, -0.1) is 0 Å². The molecule has 4 heavy (non-hydrogen) atoms. The Kier molecular flexibility index (Phi) is 77.8. The zero-order chi connectivity index (χ0) is 2.00. The summed E-state index contributed by atoms with van der Waals surface area (Å²) in [5.74, 6) is 0. The van der Waals surface area contributed by atoms with Crippen LogP contribution in [0, 0.1) is 0 Å². The van der Waals surface area contributed by atoms with Crippen molar-refractivity contribution in [1.29, 1.82) is 0 Å². The van der Waals surface area contributed by atoms with Gasteiger partial charge < -0.3 is 2.85 Å². The summed E-state index contributed by atoms with van der Waals surface area (Å²) in [6.45, 7) is 0. The fraction of sp³-hybridized carbons (Fsp3) is 0. The molecule has 0 aliphatic carbocycles. The molecular formula is H5BiMgOTa. The summed E-state index contributed by atoms with van der Waals surface area (Å²) >= 11 is 0.194. The monoisotopic (exact) mass is 435 g/mol. The molecule has 0 saturated carbocycles. The molecule has 0 aromatic heterocycles. The van der Waals surface area contributed by atoms with Crippen LogP contribution in [0.3, 0.4) is 0 Å². The molecule has 0 aliphatic heterocycles. The van der Waals surface area contributed by atoms with Gasteiger partial charge in [-0.05, 0) is 0 Å². The van der Waals surface area contributed by atoms with E-state index in [0.29, 0.717) is 0 Å². The first-order chi connectivity index (χ1) is 1.00. The summed E-state index contributed by atoms with van der Waals surface area (Å²) in [7, 11) is 0. The average molecular weight is 435 g/mol. The van der Waals surface area contributed by atoms with Crippen molar-refractivity contribution in [2.24, 2.45) is 0 Å². The maximum absolute atomic E-state index is 8.36. The van der Waals surface area contributed by atoms with Crippen LogP contribution in [-0.4, -0.2) is 49.3 Å². The Balaban J connectivity index is -0.000000000833. The van der Waals surface area contributed by atoms with E-state index in [-0.39, 0.29) is 73.2 Å². The second-order valence-electron chi connectivity index (χ2n) is 0. The Morgan fingerprint density at radius 2 is 1.50 bits per heavy atom. The molecule has 0 heterocycles. The molecule has 0 amide bonds. The molecule has 4 heteroatoms. The summed E-state index contributed by atoms with van der Waals surface area (Å²) in [5, 5.41) is 0. The predicted octanol–water partition coefficient (Wildman–Crippen LogP) is -1.46. The van der Waals surface area contributed by atoms with E-state index in [1.165, 1.54) is 0 Å². The second-order valence-corrected chi connectivity index (χ2v) is 0. The SMILES string of the molecule is [BiH3].[H-].[H-].[Mg+2].[O]=[Ta]. The maximum atomic E-state index is 8.36. The minimum atomic E-state index is 0. The summed E-state index contributed by atoms with van der Waals surface area (Å²) < 4.78 is 8.36. The number of hydrogen-bond acceptors (Lipinski definition) is 1. The summed E-state index contributed by atoms with van der Waals surface area (Å²) in [6, 6.07) is 0. The van der Waals surface area contributed by atoms with Crippen molar-refractivity contribution >= 4 is 49.3 Å². The van der Waals surface area contributed by atoms with Crippen molar-refractivity contribution < 1.29 is 27.1 Å². The first-order valence-corrected chi connectivity index (χ1v) is 1.49. The van der Waals surface area contributed by atoms with E-state index >= 15 is 0 Å². The first-order valence-electron chi connectivity index (χ1n) is 0.183. The van der Waals surface area contributed by atoms with E-state index < -0.39 is 0 Å². The molecule has 0 atom stereocenters. The van der Waals surface area contributed by atoms with Crippen molar-refractivity contribution in [3.8, 4) is 0 Å². The van der Waals surface area contributed by atoms with Crippen molar-refractivity contribution in [2.45, 2.75) is 0 Å². The van der Waals surface area contributed by atoms with Crippen molar-refractivity contribution in [2.75, 3.05) is 0 Å². The molecule has 23 valence electrons. The van der Waals surface area contributed by atoms with E-state index in [0.717, 1.165) is 0 Å². The van der Waals surface area contributed by atoms with E-state index in [4.69, 9.17) is 3.25 Å². The van der Waals surface area contributed by atoms with Gasteiger partial charge in [0.2, 0.25) is 0 Å². The van der Waals surface area contributed by atoms with Gasteiger partial charge in [-0.1, -0.05) is 0 Å². The molecule has 0 aliphatic rings. The van der Waals surface area contributed by atoms with Gasteiger partial charge in [0.1, 0.15) is 0 Å². The predicted molar refractivity (Wildman–Crippen MR) is 18.6 cm³/mol. The van der Waals surface area contributed by atoms with Crippen LogP contribution in [-0.2, 0) is 24.3 Å². The van der Waals surface area contributed by atoms with E-state index in [2.05, 4.69) is 0 Å². The quantitative estimate of drug-likeness (QED) is 0.426. The topological polar surface area (TPSA) is 17.1 Å². The minimum absolute atomic E-state index is 0. The summed E-state index contributed by atoms with van der Waals surface area (Å²) in [4.78, 5) is 0. The van der Waals surface area contributed by atoms with Crippen LogP contribution in [0.4, 0.5) is 0 Å². The molecule has 0 rings (SSSR count). The molecule has 1 nitrogen and oxygen atoms in total. The van der Waals surface area contributed by atoms with E-state index in [1.807, 2.05) is 0 Å². The Labute approximate surface area is 75.4 Å². The Hall–Kier alpha value is 2.19. The standard InChI is InChI=1S/Bi.Mg.O.Ta.5H/q;+2;;;;;;2*-1. The van der Waals surface area contributed by atoms with E-state index in [9.17, 15) is 0 Å². The molecule has 0 bridgehead atoms. The number of hydrogen-bond donors (Lipinski definition) is 0. The third-order valence-corrected chi connectivity index (χ3v) is 0. The molecule has 0 unspecified atom stereocenters. The molecule has 0 radical (unpaired) electrons. The van der Waals surface area contributed by atoms with Crippen LogP contribution >= 0.6 is 0 Å². The van der Waals surface area contributed by atoms with Gasteiger partial charge in [0.15, 0.2) is 0 Å². The fourth-order valence-electron chi connectivity index (χ4n) is 0. The number of rotatable bonds is 0. The van der Waals surface area contributed by atoms with Gasteiger partial charge in [0.05, 0.1) is 0 Å². The molecule has 0 aromatic rings. The molecule has 0 fully saturated rings. The summed E-state index contributed by atoms with van der Waals surface area (Å²) in [5.41, 5.74) is 0. The van der Waals surface area contributed by atoms with Gasteiger partial charge in [-0.3, -0.25) is 0 Å². The van der Waals surface area contributed by atoms with Gasteiger partial charge in [0, 0.05) is 0 Å².